The van der Waals surface area contributed by atoms with Crippen LogP contribution in [0.4, 0.5) is 4.79 Å². The number of hydrogen-bond donors (Lipinski definition) is 3. The Morgan fingerprint density at radius 2 is 2.16 bits per heavy atom. The molecule has 1 atom stereocenters. The second-order valence-corrected chi connectivity index (χ2v) is 5.33. The van der Waals surface area contributed by atoms with Gasteiger partial charge in [0.15, 0.2) is 0 Å². The van der Waals surface area contributed by atoms with E-state index in [2.05, 4.69) is 15.3 Å². The Morgan fingerprint density at radius 3 is 2.42 bits per heavy atom. The predicted molar refractivity (Wildman–Crippen MR) is 78.3 cm³/mol. The molecule has 0 aliphatic rings. The van der Waals surface area contributed by atoms with E-state index in [1.54, 1.807) is 39.5 Å². The molecule has 1 aromatic rings. The number of carbonyl (C=O) groups excluding carboxylic acids is 1. The van der Waals surface area contributed by atoms with Gasteiger partial charge in [-0.25, -0.2) is 14.6 Å². The molecule has 7 nitrogen and oxygen atoms in total. The number of carboxylic acids is 1. The predicted octanol–water partition coefficient (Wildman–Crippen LogP) is 1.81. The fraction of sp³-hybridized carbons (Fsp3) is 0.545. The summed E-state index contributed by atoms with van der Waals surface area (Å²) in [6, 6.07) is -0.898. The number of aliphatic carboxylic acids is 1. The first-order valence-electron chi connectivity index (χ1n) is 5.47. The van der Waals surface area contributed by atoms with Gasteiger partial charge >= 0.3 is 12.1 Å². The van der Waals surface area contributed by atoms with Gasteiger partial charge in [-0.15, -0.1) is 0 Å². The van der Waals surface area contributed by atoms with Crippen molar-refractivity contribution in [3.8, 4) is 0 Å². The lowest BCUT2D eigenvalue weighted by Crippen LogP contribution is -2.44. The smallest absolute Gasteiger partial charge is 0.408 e. The molecule has 0 saturated carbocycles. The number of alkyl carbamates (subject to hydrolysis) is 1. The van der Waals surface area contributed by atoms with Gasteiger partial charge < -0.3 is 20.1 Å². The summed E-state index contributed by atoms with van der Waals surface area (Å²) in [5.41, 5.74) is -0.613. The fourth-order valence-corrected chi connectivity index (χ4v) is 1.43. The number of imidazole rings is 1. The molecule has 0 aliphatic carbocycles. The van der Waals surface area contributed by atoms with Gasteiger partial charge in [-0.05, 0) is 20.8 Å². The molecule has 1 unspecified atom stereocenters. The molecule has 1 rings (SSSR count). The summed E-state index contributed by atoms with van der Waals surface area (Å²) >= 11 is 1.88. The average molecular weight is 383 g/mol. The molecule has 3 N–H and O–H groups in total. The second kappa shape index (κ2) is 8.73. The third-order valence-electron chi connectivity index (χ3n) is 1.55. The summed E-state index contributed by atoms with van der Waals surface area (Å²) in [5.74, 6) is -1.06. The Hall–Kier alpha value is -1.32. The first-order chi connectivity index (χ1) is 8.76. The Morgan fingerprint density at radius 1 is 1.53 bits per heavy atom. The van der Waals surface area contributed by atoms with Gasteiger partial charge in [0.2, 0.25) is 0 Å². The Balaban J connectivity index is 0.000000532. The minimum atomic E-state index is -1.06. The summed E-state index contributed by atoms with van der Waals surface area (Å²) in [6.07, 6.45) is 4.38. The maximum Gasteiger partial charge on any atom is 0.408 e. The molecule has 1 aromatic heterocycles. The molecule has 0 radical (unpaired) electrons. The van der Waals surface area contributed by atoms with E-state index in [0.717, 1.165) is 0 Å². The molecule has 8 heteroatoms. The SMILES string of the molecule is CC(C)(C)OC(=O)NC(CI)C(=O)O.c1c[nH]cn1. The Bertz CT molecular complexity index is 359. The van der Waals surface area contributed by atoms with Crippen LogP contribution in [-0.4, -0.2) is 43.2 Å². The van der Waals surface area contributed by atoms with E-state index in [1.807, 2.05) is 22.6 Å². The zero-order chi connectivity index (χ0) is 14.9. The lowest BCUT2D eigenvalue weighted by molar-refractivity contribution is -0.138. The highest BCUT2D eigenvalue weighted by Gasteiger charge is 2.22. The van der Waals surface area contributed by atoms with E-state index < -0.39 is 23.7 Å². The zero-order valence-electron chi connectivity index (χ0n) is 11.0. The summed E-state index contributed by atoms with van der Waals surface area (Å²) in [5, 5.41) is 10.9. The molecule has 0 spiro atoms. The number of ether oxygens (including phenoxy) is 1. The summed E-state index contributed by atoms with van der Waals surface area (Å²) < 4.78 is 5.20. The van der Waals surface area contributed by atoms with Crippen molar-refractivity contribution in [2.75, 3.05) is 4.43 Å². The molecule has 0 fully saturated rings. The van der Waals surface area contributed by atoms with Crippen LogP contribution >= 0.6 is 22.6 Å². The highest BCUT2D eigenvalue weighted by Crippen LogP contribution is 2.07. The number of carbonyl (C=O) groups is 2. The van der Waals surface area contributed by atoms with Gasteiger partial charge in [0.05, 0.1) is 6.33 Å². The minimum Gasteiger partial charge on any atom is -0.480 e. The van der Waals surface area contributed by atoms with Crippen LogP contribution in [0.1, 0.15) is 20.8 Å². The molecular formula is C11H18IN3O4. The van der Waals surface area contributed by atoms with Crippen molar-refractivity contribution in [1.29, 1.82) is 0 Å². The van der Waals surface area contributed by atoms with Crippen LogP contribution in [0.5, 0.6) is 0 Å². The molecule has 0 saturated heterocycles. The number of nitrogens with zero attached hydrogens (tertiary/aromatic N) is 1. The number of H-pyrrole nitrogens is 1. The van der Waals surface area contributed by atoms with Crippen molar-refractivity contribution < 1.29 is 19.4 Å². The number of aromatic nitrogens is 2. The Kier molecular flexibility index (Phi) is 8.12. The largest absolute Gasteiger partial charge is 0.480 e. The molecule has 1 amide bonds. The quantitative estimate of drug-likeness (QED) is 0.546. The summed E-state index contributed by atoms with van der Waals surface area (Å²) in [4.78, 5) is 28.1. The monoisotopic (exact) mass is 383 g/mol. The van der Waals surface area contributed by atoms with Crippen LogP contribution < -0.4 is 5.32 Å². The number of aromatic amines is 1. The summed E-state index contributed by atoms with van der Waals surface area (Å²) in [7, 11) is 0. The third-order valence-corrected chi connectivity index (χ3v) is 2.43. The fourth-order valence-electron chi connectivity index (χ4n) is 0.831. The molecular weight excluding hydrogens is 365 g/mol. The van der Waals surface area contributed by atoms with E-state index in [4.69, 9.17) is 9.84 Å². The van der Waals surface area contributed by atoms with Crippen molar-refractivity contribution in [1.82, 2.24) is 15.3 Å². The van der Waals surface area contributed by atoms with Crippen molar-refractivity contribution in [2.45, 2.75) is 32.4 Å². The van der Waals surface area contributed by atoms with Gasteiger partial charge in [0.25, 0.3) is 0 Å². The maximum absolute atomic E-state index is 11.1. The number of amides is 1. The van der Waals surface area contributed by atoms with Gasteiger partial charge in [0, 0.05) is 16.8 Å². The van der Waals surface area contributed by atoms with Crippen molar-refractivity contribution in [3.05, 3.63) is 18.7 Å². The maximum atomic E-state index is 11.1. The number of nitrogens with one attached hydrogen (secondary N) is 2. The topological polar surface area (TPSA) is 104 Å². The van der Waals surface area contributed by atoms with E-state index in [-0.39, 0.29) is 0 Å². The molecule has 108 valence electrons. The standard InChI is InChI=1S/C8H14INO4.C3H4N2/c1-8(2,3)14-7(13)10-5(4-9)6(11)12;1-2-5-3-4-1/h5H,4H2,1-3H3,(H,10,13)(H,11,12);1-3H,(H,4,5). The number of alkyl halides is 1. The number of rotatable bonds is 3. The van der Waals surface area contributed by atoms with Crippen molar-refractivity contribution >= 4 is 34.7 Å². The lowest BCUT2D eigenvalue weighted by atomic mass is 10.2. The Labute approximate surface area is 125 Å². The number of hydrogen-bond acceptors (Lipinski definition) is 4. The van der Waals surface area contributed by atoms with E-state index in [1.165, 1.54) is 0 Å². The van der Waals surface area contributed by atoms with Crippen LogP contribution in [0, 0.1) is 0 Å². The van der Waals surface area contributed by atoms with Crippen LogP contribution in [0.15, 0.2) is 18.7 Å². The van der Waals surface area contributed by atoms with Crippen LogP contribution in [-0.2, 0) is 9.53 Å². The van der Waals surface area contributed by atoms with E-state index in [9.17, 15) is 9.59 Å². The van der Waals surface area contributed by atoms with Crippen LogP contribution in [0.3, 0.4) is 0 Å². The zero-order valence-corrected chi connectivity index (χ0v) is 13.2. The minimum absolute atomic E-state index is 0.298. The highest BCUT2D eigenvalue weighted by atomic mass is 127. The van der Waals surface area contributed by atoms with Gasteiger partial charge in [0.1, 0.15) is 11.6 Å². The van der Waals surface area contributed by atoms with Gasteiger partial charge in [-0.2, -0.15) is 0 Å². The number of carboxylic acid groups (broad SMARTS) is 1. The third kappa shape index (κ3) is 10.3. The first-order valence-corrected chi connectivity index (χ1v) is 7.00. The van der Waals surface area contributed by atoms with Crippen molar-refractivity contribution in [3.63, 3.8) is 0 Å². The van der Waals surface area contributed by atoms with E-state index in [0.29, 0.717) is 4.43 Å². The molecule has 0 bridgehead atoms. The first kappa shape index (κ1) is 17.7. The molecule has 1 heterocycles. The van der Waals surface area contributed by atoms with Gasteiger partial charge in [-0.3, -0.25) is 0 Å². The lowest BCUT2D eigenvalue weighted by Gasteiger charge is -2.21. The normalized spacial score (nSPS) is 11.8. The van der Waals surface area contributed by atoms with Crippen molar-refractivity contribution in [2.24, 2.45) is 0 Å². The summed E-state index contributed by atoms with van der Waals surface area (Å²) in [6.45, 7) is 5.14. The highest BCUT2D eigenvalue weighted by molar-refractivity contribution is 14.1. The average Bonchev–Trinajstić information content (AvgIpc) is 2.81. The number of halogens is 1. The molecule has 19 heavy (non-hydrogen) atoms. The van der Waals surface area contributed by atoms with Crippen LogP contribution in [0.25, 0.3) is 0 Å². The molecule has 0 aliphatic heterocycles. The van der Waals surface area contributed by atoms with E-state index >= 15 is 0 Å². The van der Waals surface area contributed by atoms with Crippen LogP contribution in [0.2, 0.25) is 0 Å². The molecule has 0 aromatic carbocycles. The second-order valence-electron chi connectivity index (χ2n) is 4.45. The van der Waals surface area contributed by atoms with Gasteiger partial charge in [-0.1, -0.05) is 22.6 Å².